The summed E-state index contributed by atoms with van der Waals surface area (Å²) in [7, 11) is 0. The fourth-order valence-electron chi connectivity index (χ4n) is 1.53. The van der Waals surface area contributed by atoms with Gasteiger partial charge in [0.1, 0.15) is 11.6 Å². The first-order valence-electron chi connectivity index (χ1n) is 5.72. The highest BCUT2D eigenvalue weighted by Crippen LogP contribution is 2.24. The molecule has 0 bridgehead atoms. The lowest BCUT2D eigenvalue weighted by atomic mass is 10.2. The third-order valence-electron chi connectivity index (χ3n) is 2.37. The van der Waals surface area contributed by atoms with Crippen molar-refractivity contribution >= 4 is 22.0 Å². The minimum atomic E-state index is -3.52. The number of rotatable bonds is 4. The Bertz CT molecular complexity index is 626. The summed E-state index contributed by atoms with van der Waals surface area (Å²) in [4.78, 5) is 0. The summed E-state index contributed by atoms with van der Waals surface area (Å²) in [6.45, 7) is 0. The number of hydrogen-bond donors (Lipinski definition) is 0. The lowest BCUT2D eigenvalue weighted by molar-refractivity contribution is -0.131. The molecule has 1 nitrogen and oxygen atoms in total. The van der Waals surface area contributed by atoms with Crippen molar-refractivity contribution in [3.05, 3.63) is 70.5 Å². The van der Waals surface area contributed by atoms with Gasteiger partial charge in [-0.3, -0.25) is 0 Å². The van der Waals surface area contributed by atoms with Crippen LogP contribution in [0.5, 0.6) is 5.75 Å². The molecule has 0 aromatic heterocycles. The van der Waals surface area contributed by atoms with E-state index in [1.54, 1.807) is 24.3 Å². The maximum absolute atomic E-state index is 13.6. The van der Waals surface area contributed by atoms with Gasteiger partial charge < -0.3 is 4.74 Å². The van der Waals surface area contributed by atoms with Crippen LogP contribution in [0.25, 0.3) is 6.08 Å². The molecular formula is C15H10BrF3O. The molecule has 2 rings (SSSR count). The van der Waals surface area contributed by atoms with Gasteiger partial charge in [0.05, 0.1) is 0 Å². The number of alkyl halides is 2. The molecule has 0 saturated carbocycles. The molecule has 0 fully saturated rings. The van der Waals surface area contributed by atoms with Gasteiger partial charge in [-0.1, -0.05) is 34.1 Å². The average Bonchev–Trinajstić information content (AvgIpc) is 2.36. The summed E-state index contributed by atoms with van der Waals surface area (Å²) in [5.74, 6) is -0.858. The van der Waals surface area contributed by atoms with Gasteiger partial charge in [0.2, 0.25) is 0 Å². The van der Waals surface area contributed by atoms with Gasteiger partial charge >= 0.3 is 6.11 Å². The molecule has 0 unspecified atom stereocenters. The van der Waals surface area contributed by atoms with Crippen LogP contribution in [0.15, 0.2) is 59.1 Å². The van der Waals surface area contributed by atoms with E-state index >= 15 is 0 Å². The predicted molar refractivity (Wildman–Crippen MR) is 75.2 cm³/mol. The molecule has 0 radical (unpaired) electrons. The predicted octanol–water partition coefficient (Wildman–Crippen LogP) is 5.27. The number of halogens is 4. The van der Waals surface area contributed by atoms with Crippen molar-refractivity contribution in [2.45, 2.75) is 6.11 Å². The monoisotopic (exact) mass is 342 g/mol. The van der Waals surface area contributed by atoms with E-state index in [9.17, 15) is 13.2 Å². The summed E-state index contributed by atoms with van der Waals surface area (Å²) in [5, 5.41) is 0. The molecule has 5 heteroatoms. The van der Waals surface area contributed by atoms with E-state index in [0.717, 1.165) is 16.6 Å². The van der Waals surface area contributed by atoms with Crippen molar-refractivity contribution in [2.75, 3.05) is 0 Å². The molecule has 0 N–H and O–H groups in total. The molecule has 0 heterocycles. The first-order valence-corrected chi connectivity index (χ1v) is 6.51. The quantitative estimate of drug-likeness (QED) is 0.735. The van der Waals surface area contributed by atoms with Gasteiger partial charge in [-0.15, -0.1) is 0 Å². The second-order valence-electron chi connectivity index (χ2n) is 4.01. The van der Waals surface area contributed by atoms with Crippen molar-refractivity contribution in [1.82, 2.24) is 0 Å². The lowest BCUT2D eigenvalue weighted by Crippen LogP contribution is -2.21. The van der Waals surface area contributed by atoms with Crippen LogP contribution in [0.2, 0.25) is 0 Å². The SMILES string of the molecule is Fc1cccc(OC(F)(F)C=Cc2cccc(Br)c2)c1. The van der Waals surface area contributed by atoms with Crippen LogP contribution < -0.4 is 4.74 Å². The Morgan fingerprint density at radius 1 is 1.05 bits per heavy atom. The van der Waals surface area contributed by atoms with Crippen molar-refractivity contribution in [3.8, 4) is 5.75 Å². The molecular weight excluding hydrogens is 333 g/mol. The van der Waals surface area contributed by atoms with Gasteiger partial charge in [0, 0.05) is 16.6 Å². The Morgan fingerprint density at radius 2 is 1.80 bits per heavy atom. The minimum absolute atomic E-state index is 0.228. The molecule has 0 spiro atoms. The van der Waals surface area contributed by atoms with Crippen molar-refractivity contribution < 1.29 is 17.9 Å². The van der Waals surface area contributed by atoms with Crippen molar-refractivity contribution in [1.29, 1.82) is 0 Å². The van der Waals surface area contributed by atoms with E-state index in [-0.39, 0.29) is 5.75 Å². The second kappa shape index (κ2) is 6.13. The smallest absolute Gasteiger partial charge is 0.419 e. The molecule has 20 heavy (non-hydrogen) atoms. The van der Waals surface area contributed by atoms with Gasteiger partial charge in [-0.2, -0.15) is 8.78 Å². The topological polar surface area (TPSA) is 9.23 Å². The molecule has 0 saturated heterocycles. The first-order chi connectivity index (χ1) is 9.44. The molecule has 0 aliphatic carbocycles. The van der Waals surface area contributed by atoms with Crippen LogP contribution in [-0.2, 0) is 0 Å². The van der Waals surface area contributed by atoms with E-state index in [4.69, 9.17) is 0 Å². The minimum Gasteiger partial charge on any atom is -0.429 e. The summed E-state index contributed by atoms with van der Waals surface area (Å²) in [6.07, 6.45) is -1.65. The van der Waals surface area contributed by atoms with Gasteiger partial charge in [-0.05, 0) is 35.9 Å². The molecule has 2 aromatic carbocycles. The molecule has 0 aliphatic heterocycles. The van der Waals surface area contributed by atoms with E-state index in [1.165, 1.54) is 18.2 Å². The Morgan fingerprint density at radius 3 is 2.50 bits per heavy atom. The lowest BCUT2D eigenvalue weighted by Gasteiger charge is -2.14. The molecule has 104 valence electrons. The molecule has 2 aromatic rings. The summed E-state index contributed by atoms with van der Waals surface area (Å²) in [5.41, 5.74) is 0.599. The zero-order valence-corrected chi connectivity index (χ0v) is 11.8. The summed E-state index contributed by atoms with van der Waals surface area (Å²) < 4.78 is 45.3. The average molecular weight is 343 g/mol. The summed E-state index contributed by atoms with van der Waals surface area (Å²) >= 11 is 3.25. The van der Waals surface area contributed by atoms with Crippen molar-refractivity contribution in [2.24, 2.45) is 0 Å². The number of hydrogen-bond acceptors (Lipinski definition) is 1. The number of ether oxygens (including phenoxy) is 1. The first kappa shape index (κ1) is 14.7. The van der Waals surface area contributed by atoms with Crippen LogP contribution in [-0.4, -0.2) is 6.11 Å². The van der Waals surface area contributed by atoms with Crippen LogP contribution >= 0.6 is 15.9 Å². The zero-order valence-electron chi connectivity index (χ0n) is 10.2. The Balaban J connectivity index is 2.10. The Labute approximate surface area is 122 Å². The maximum Gasteiger partial charge on any atom is 0.419 e. The highest BCUT2D eigenvalue weighted by atomic mass is 79.9. The van der Waals surface area contributed by atoms with Crippen molar-refractivity contribution in [3.63, 3.8) is 0 Å². The largest absolute Gasteiger partial charge is 0.429 e. The Kier molecular flexibility index (Phi) is 4.49. The fraction of sp³-hybridized carbons (Fsp3) is 0.0667. The normalized spacial score (nSPS) is 11.8. The van der Waals surface area contributed by atoms with Crippen LogP contribution in [0.4, 0.5) is 13.2 Å². The highest BCUT2D eigenvalue weighted by molar-refractivity contribution is 9.10. The number of benzene rings is 2. The van der Waals surface area contributed by atoms with Gasteiger partial charge in [0.15, 0.2) is 0 Å². The van der Waals surface area contributed by atoms with E-state index < -0.39 is 11.9 Å². The van der Waals surface area contributed by atoms with Crippen LogP contribution in [0.1, 0.15) is 5.56 Å². The van der Waals surface area contributed by atoms with Gasteiger partial charge in [-0.25, -0.2) is 4.39 Å². The maximum atomic E-state index is 13.6. The second-order valence-corrected chi connectivity index (χ2v) is 4.93. The van der Waals surface area contributed by atoms with E-state index in [2.05, 4.69) is 20.7 Å². The Hall–Kier alpha value is -1.75. The molecule has 0 amide bonds. The molecule has 0 atom stereocenters. The van der Waals surface area contributed by atoms with Gasteiger partial charge in [0.25, 0.3) is 0 Å². The highest BCUT2D eigenvalue weighted by Gasteiger charge is 2.27. The fourth-order valence-corrected chi connectivity index (χ4v) is 1.94. The van der Waals surface area contributed by atoms with E-state index in [0.29, 0.717) is 11.6 Å². The van der Waals surface area contributed by atoms with Crippen LogP contribution in [0, 0.1) is 5.82 Å². The third kappa shape index (κ3) is 4.42. The standard InChI is InChI=1S/C15H10BrF3O/c16-12-4-1-3-11(9-12)7-8-15(18,19)20-14-6-2-5-13(17)10-14/h1-10H. The summed E-state index contributed by atoms with van der Waals surface area (Å²) in [6, 6.07) is 11.5. The van der Waals surface area contributed by atoms with E-state index in [1.807, 2.05) is 0 Å². The third-order valence-corrected chi connectivity index (χ3v) is 2.86. The zero-order chi connectivity index (χ0) is 14.6. The van der Waals surface area contributed by atoms with Crippen LogP contribution in [0.3, 0.4) is 0 Å². The molecule has 0 aliphatic rings.